The van der Waals surface area contributed by atoms with Crippen LogP contribution in [-0.4, -0.2) is 56.6 Å². The van der Waals surface area contributed by atoms with E-state index >= 15 is 0 Å². The first-order valence-electron chi connectivity index (χ1n) is 7.81. The number of hydrogen-bond donors (Lipinski definition) is 2. The first kappa shape index (κ1) is 15.0. The number of imidazole rings is 1. The van der Waals surface area contributed by atoms with Crippen molar-refractivity contribution in [2.24, 2.45) is 5.92 Å². The Balaban J connectivity index is 1.49. The van der Waals surface area contributed by atoms with Gasteiger partial charge in [-0.2, -0.15) is 0 Å². The van der Waals surface area contributed by atoms with Gasteiger partial charge in [0.2, 0.25) is 5.91 Å². The molecule has 0 aromatic carbocycles. The number of amides is 1. The Hall–Kier alpha value is -1.89. The van der Waals surface area contributed by atoms with E-state index in [1.165, 1.54) is 0 Å². The lowest BCUT2D eigenvalue weighted by molar-refractivity contribution is -0.144. The summed E-state index contributed by atoms with van der Waals surface area (Å²) >= 11 is 0. The molecule has 3 rings (SSSR count). The average Bonchev–Trinajstić information content (AvgIpc) is 3.10. The molecule has 1 spiro atoms. The molecule has 1 amide bonds. The Morgan fingerprint density at radius 2 is 2.18 bits per heavy atom. The molecule has 0 unspecified atom stereocenters. The molecule has 3 heterocycles. The Labute approximate surface area is 129 Å². The number of carbonyl (C=O) groups is 2. The van der Waals surface area contributed by atoms with Gasteiger partial charge >= 0.3 is 5.97 Å². The number of carbonyl (C=O) groups excluding carboxylic acids is 1. The van der Waals surface area contributed by atoms with Crippen molar-refractivity contribution in [1.29, 1.82) is 0 Å². The normalized spacial score (nSPS) is 24.5. The molecular formula is C15H22N4O3. The Morgan fingerprint density at radius 1 is 1.41 bits per heavy atom. The second kappa shape index (κ2) is 6.08. The van der Waals surface area contributed by atoms with Crippen LogP contribution in [0, 0.1) is 5.92 Å². The quantitative estimate of drug-likeness (QED) is 0.818. The molecule has 7 heteroatoms. The van der Waals surface area contributed by atoms with E-state index in [2.05, 4.69) is 19.8 Å². The van der Waals surface area contributed by atoms with Crippen LogP contribution in [0.15, 0.2) is 18.7 Å². The smallest absolute Gasteiger partial charge is 0.309 e. The maximum absolute atomic E-state index is 11.6. The zero-order valence-electron chi connectivity index (χ0n) is 12.6. The fourth-order valence-electron chi connectivity index (χ4n) is 3.67. The summed E-state index contributed by atoms with van der Waals surface area (Å²) in [4.78, 5) is 29.4. The van der Waals surface area contributed by atoms with E-state index in [0.29, 0.717) is 0 Å². The summed E-state index contributed by atoms with van der Waals surface area (Å²) in [5, 5.41) is 12.3. The van der Waals surface area contributed by atoms with E-state index in [9.17, 15) is 14.7 Å². The summed E-state index contributed by atoms with van der Waals surface area (Å²) in [6.45, 7) is 3.61. The molecule has 0 radical (unpaired) electrons. The molecule has 2 saturated heterocycles. The molecule has 2 aliphatic heterocycles. The fourth-order valence-corrected chi connectivity index (χ4v) is 3.67. The summed E-state index contributed by atoms with van der Waals surface area (Å²) < 4.78 is 2.06. The molecule has 1 aromatic rings. The van der Waals surface area contributed by atoms with Crippen LogP contribution in [0.1, 0.15) is 25.7 Å². The van der Waals surface area contributed by atoms with Crippen molar-refractivity contribution < 1.29 is 14.7 Å². The fraction of sp³-hybridized carbons (Fsp3) is 0.667. The van der Waals surface area contributed by atoms with Crippen LogP contribution in [0.2, 0.25) is 0 Å². The van der Waals surface area contributed by atoms with Crippen molar-refractivity contribution in [3.05, 3.63) is 18.7 Å². The maximum atomic E-state index is 11.6. The summed E-state index contributed by atoms with van der Waals surface area (Å²) in [6.07, 6.45) is 8.16. The van der Waals surface area contributed by atoms with Crippen molar-refractivity contribution in [2.75, 3.05) is 19.6 Å². The number of likely N-dealkylation sites (tertiary alicyclic amines) is 1. The number of piperidine rings is 1. The average molecular weight is 306 g/mol. The molecule has 1 aromatic heterocycles. The third kappa shape index (κ3) is 2.99. The first-order chi connectivity index (χ1) is 10.6. The predicted molar refractivity (Wildman–Crippen MR) is 79.1 cm³/mol. The number of aryl methyl sites for hydroxylation is 1. The highest BCUT2D eigenvalue weighted by atomic mass is 16.4. The van der Waals surface area contributed by atoms with E-state index in [4.69, 9.17) is 0 Å². The van der Waals surface area contributed by atoms with Gasteiger partial charge in [-0.25, -0.2) is 4.98 Å². The number of hydrogen-bond acceptors (Lipinski definition) is 4. The monoisotopic (exact) mass is 306 g/mol. The van der Waals surface area contributed by atoms with E-state index in [1.54, 1.807) is 6.20 Å². The van der Waals surface area contributed by atoms with Gasteiger partial charge in [0.15, 0.2) is 0 Å². The number of nitrogens with zero attached hydrogens (tertiary/aromatic N) is 3. The summed E-state index contributed by atoms with van der Waals surface area (Å²) in [6, 6.07) is 0. The highest BCUT2D eigenvalue weighted by Crippen LogP contribution is 2.36. The highest BCUT2D eigenvalue weighted by Gasteiger charge is 2.51. The van der Waals surface area contributed by atoms with E-state index in [0.717, 1.165) is 45.4 Å². The van der Waals surface area contributed by atoms with Crippen LogP contribution in [0.25, 0.3) is 0 Å². The largest absolute Gasteiger partial charge is 0.481 e. The maximum Gasteiger partial charge on any atom is 0.309 e. The van der Waals surface area contributed by atoms with Crippen molar-refractivity contribution in [2.45, 2.75) is 37.8 Å². The van der Waals surface area contributed by atoms with Gasteiger partial charge in [0.1, 0.15) is 0 Å². The Morgan fingerprint density at radius 3 is 2.82 bits per heavy atom. The van der Waals surface area contributed by atoms with Gasteiger partial charge in [-0.3, -0.25) is 9.59 Å². The lowest BCUT2D eigenvalue weighted by atomic mass is 9.77. The van der Waals surface area contributed by atoms with Crippen molar-refractivity contribution in [3.8, 4) is 0 Å². The zero-order chi connectivity index (χ0) is 15.6. The van der Waals surface area contributed by atoms with Gasteiger partial charge in [0, 0.05) is 38.4 Å². The molecule has 120 valence electrons. The van der Waals surface area contributed by atoms with Gasteiger partial charge in [-0.05, 0) is 25.8 Å². The SMILES string of the molecule is O=C1C[C@@H](C(=O)O)C2(CCN(CCCn3ccnc3)CC2)N1. The Bertz CT molecular complexity index is 535. The van der Waals surface area contributed by atoms with Crippen molar-refractivity contribution in [1.82, 2.24) is 19.8 Å². The molecule has 22 heavy (non-hydrogen) atoms. The summed E-state index contributed by atoms with van der Waals surface area (Å²) in [5.41, 5.74) is -0.524. The zero-order valence-corrected chi connectivity index (χ0v) is 12.6. The number of nitrogens with one attached hydrogen (secondary N) is 1. The summed E-state index contributed by atoms with van der Waals surface area (Å²) in [5.74, 6) is -1.55. The molecule has 0 saturated carbocycles. The molecule has 1 atom stereocenters. The molecule has 0 bridgehead atoms. The standard InChI is InChI=1S/C15H22N4O3/c20-13-10-12(14(21)22)15(17-13)2-7-18(8-3-15)5-1-6-19-9-4-16-11-19/h4,9,11-12H,1-3,5-8,10H2,(H,17,20)(H,21,22)/t12-/m0/s1. The van der Waals surface area contributed by atoms with Crippen LogP contribution < -0.4 is 5.32 Å². The minimum absolute atomic E-state index is 0.121. The number of rotatable bonds is 5. The number of carboxylic acids is 1. The number of carboxylic acid groups (broad SMARTS) is 1. The molecule has 2 aliphatic rings. The molecular weight excluding hydrogens is 284 g/mol. The lowest BCUT2D eigenvalue weighted by Gasteiger charge is -2.41. The summed E-state index contributed by atoms with van der Waals surface area (Å²) in [7, 11) is 0. The molecule has 0 aliphatic carbocycles. The van der Waals surface area contributed by atoms with E-state index < -0.39 is 17.4 Å². The van der Waals surface area contributed by atoms with Crippen LogP contribution in [0.5, 0.6) is 0 Å². The van der Waals surface area contributed by atoms with Gasteiger partial charge in [-0.1, -0.05) is 0 Å². The second-order valence-electron chi connectivity index (χ2n) is 6.29. The molecule has 2 N–H and O–H groups in total. The van der Waals surface area contributed by atoms with E-state index in [1.807, 2.05) is 12.5 Å². The number of aromatic nitrogens is 2. The van der Waals surface area contributed by atoms with Gasteiger partial charge in [0.05, 0.1) is 17.8 Å². The third-order valence-electron chi connectivity index (χ3n) is 4.94. The van der Waals surface area contributed by atoms with Gasteiger partial charge in [0.25, 0.3) is 0 Å². The van der Waals surface area contributed by atoms with Crippen LogP contribution in [0.4, 0.5) is 0 Å². The predicted octanol–water partition coefficient (Wildman–Crippen LogP) is 0.328. The molecule has 7 nitrogen and oxygen atoms in total. The van der Waals surface area contributed by atoms with Gasteiger partial charge in [-0.15, -0.1) is 0 Å². The second-order valence-corrected chi connectivity index (χ2v) is 6.29. The number of aliphatic carboxylic acids is 1. The van der Waals surface area contributed by atoms with Crippen molar-refractivity contribution in [3.63, 3.8) is 0 Å². The topological polar surface area (TPSA) is 87.5 Å². The van der Waals surface area contributed by atoms with Crippen molar-refractivity contribution >= 4 is 11.9 Å². The Kier molecular flexibility index (Phi) is 4.15. The van der Waals surface area contributed by atoms with Crippen LogP contribution in [-0.2, 0) is 16.1 Å². The van der Waals surface area contributed by atoms with Crippen LogP contribution in [0.3, 0.4) is 0 Å². The van der Waals surface area contributed by atoms with Crippen LogP contribution >= 0.6 is 0 Å². The first-order valence-corrected chi connectivity index (χ1v) is 7.81. The lowest BCUT2D eigenvalue weighted by Crippen LogP contribution is -2.55. The molecule has 2 fully saturated rings. The van der Waals surface area contributed by atoms with E-state index in [-0.39, 0.29) is 12.3 Å². The third-order valence-corrected chi connectivity index (χ3v) is 4.94. The highest BCUT2D eigenvalue weighted by molar-refractivity contribution is 5.88. The minimum atomic E-state index is -0.855. The van der Waals surface area contributed by atoms with Gasteiger partial charge < -0.3 is 19.9 Å². The minimum Gasteiger partial charge on any atom is -0.481 e.